The van der Waals surface area contributed by atoms with Crippen molar-refractivity contribution in [3.63, 3.8) is 0 Å². The van der Waals surface area contributed by atoms with E-state index in [0.717, 1.165) is 12.8 Å². The number of hydrogen-bond donors (Lipinski definition) is 2. The van der Waals surface area contributed by atoms with E-state index in [0.29, 0.717) is 5.56 Å². The second-order valence-corrected chi connectivity index (χ2v) is 10.2. The van der Waals surface area contributed by atoms with E-state index in [1.165, 1.54) is 18.2 Å². The molecule has 1 aromatic carbocycles. The first-order valence-electron chi connectivity index (χ1n) is 13.3. The van der Waals surface area contributed by atoms with Crippen molar-refractivity contribution >= 4 is 24.2 Å². The van der Waals surface area contributed by atoms with Crippen LogP contribution in [0.15, 0.2) is 18.2 Å². The van der Waals surface area contributed by atoms with Crippen LogP contribution in [0.3, 0.4) is 0 Å². The number of rotatable bonds is 15. The van der Waals surface area contributed by atoms with Crippen LogP contribution in [-0.2, 0) is 23.8 Å². The number of carbonyl (C=O) groups is 4. The second kappa shape index (κ2) is 16.6. The van der Waals surface area contributed by atoms with E-state index < -0.39 is 42.3 Å². The molecule has 5 atom stereocenters. The molecule has 11 heteroatoms. The smallest absolute Gasteiger partial charge is 0.480 e. The lowest BCUT2D eigenvalue weighted by Crippen LogP contribution is -2.38. The van der Waals surface area contributed by atoms with E-state index in [4.69, 9.17) is 29.4 Å². The van der Waals surface area contributed by atoms with Crippen molar-refractivity contribution in [3.05, 3.63) is 23.8 Å². The summed E-state index contributed by atoms with van der Waals surface area (Å²) in [5.41, 5.74) is 6.36. The summed E-state index contributed by atoms with van der Waals surface area (Å²) in [5, 5.41) is 9.63. The lowest BCUT2D eigenvalue weighted by molar-refractivity contribution is -0.152. The first kappa shape index (κ1) is 33.7. The van der Waals surface area contributed by atoms with Crippen LogP contribution in [-0.4, -0.2) is 54.7 Å². The Balaban J connectivity index is 3.31. The molecular weight excluding hydrogens is 510 g/mol. The van der Waals surface area contributed by atoms with Crippen LogP contribution in [0.4, 0.5) is 9.59 Å². The Morgan fingerprint density at radius 1 is 0.846 bits per heavy atom. The average molecular weight is 554 g/mol. The fourth-order valence-corrected chi connectivity index (χ4v) is 3.22. The first-order chi connectivity index (χ1) is 18.3. The minimum absolute atomic E-state index is 0.0704. The molecule has 0 aliphatic rings. The third kappa shape index (κ3) is 11.9. The number of benzene rings is 1. The van der Waals surface area contributed by atoms with E-state index in [2.05, 4.69) is 0 Å². The van der Waals surface area contributed by atoms with E-state index in [-0.39, 0.29) is 48.9 Å². The number of nitrogens with two attached hydrogens (primary N) is 1. The largest absolute Gasteiger partial charge is 0.513 e. The fraction of sp³-hybridized carbons (Fsp3) is 0.643. The van der Waals surface area contributed by atoms with Gasteiger partial charge in [-0.25, -0.2) is 9.59 Å². The van der Waals surface area contributed by atoms with Crippen molar-refractivity contribution in [2.75, 3.05) is 13.2 Å². The number of carbonyl (C=O) groups excluding carboxylic acids is 3. The Hall–Kier alpha value is -3.34. The minimum atomic E-state index is -1.37. The molecule has 4 unspecified atom stereocenters. The lowest BCUT2D eigenvalue weighted by Gasteiger charge is -2.25. The third-order valence-corrected chi connectivity index (χ3v) is 6.24. The summed E-state index contributed by atoms with van der Waals surface area (Å²) in [6.45, 7) is 13.0. The summed E-state index contributed by atoms with van der Waals surface area (Å²) >= 11 is 0. The molecule has 0 spiro atoms. The number of hydrogen-bond acceptors (Lipinski definition) is 10. The van der Waals surface area contributed by atoms with Gasteiger partial charge in [-0.05, 0) is 42.9 Å². The molecule has 0 heterocycles. The molecule has 0 fully saturated rings. The maximum atomic E-state index is 12.4. The molecule has 11 nitrogen and oxygen atoms in total. The zero-order chi connectivity index (χ0) is 29.7. The number of aliphatic carboxylic acids is 1. The molecule has 0 radical (unpaired) electrons. The van der Waals surface area contributed by atoms with Crippen LogP contribution in [0.25, 0.3) is 0 Å². The Labute approximate surface area is 230 Å². The van der Waals surface area contributed by atoms with E-state index in [1.54, 1.807) is 20.8 Å². The average Bonchev–Trinajstić information content (AvgIpc) is 2.89. The normalized spacial score (nSPS) is 14.9. The Morgan fingerprint density at radius 3 is 1.82 bits per heavy atom. The van der Waals surface area contributed by atoms with Gasteiger partial charge in [-0.3, -0.25) is 9.59 Å². The van der Waals surface area contributed by atoms with Crippen LogP contribution in [0.2, 0.25) is 0 Å². The van der Waals surface area contributed by atoms with Gasteiger partial charge in [-0.2, -0.15) is 0 Å². The summed E-state index contributed by atoms with van der Waals surface area (Å²) in [4.78, 5) is 48.5. The molecule has 1 rings (SSSR count). The molecule has 3 N–H and O–H groups in total. The monoisotopic (exact) mass is 553 g/mol. The van der Waals surface area contributed by atoms with Crippen molar-refractivity contribution in [2.24, 2.45) is 23.5 Å². The number of carboxylic acids is 1. The summed E-state index contributed by atoms with van der Waals surface area (Å²) in [5.74, 6) is -3.00. The molecule has 0 aliphatic heterocycles. The van der Waals surface area contributed by atoms with Gasteiger partial charge in [-0.15, -0.1) is 0 Å². The molecule has 220 valence electrons. The molecule has 0 saturated heterocycles. The summed E-state index contributed by atoms with van der Waals surface area (Å²) in [6, 6.07) is 2.83. The maximum absolute atomic E-state index is 12.4. The topological polar surface area (TPSA) is 161 Å². The Kier molecular flexibility index (Phi) is 14.3. The van der Waals surface area contributed by atoms with Crippen molar-refractivity contribution < 1.29 is 48.0 Å². The molecule has 0 aromatic heterocycles. The third-order valence-electron chi connectivity index (χ3n) is 6.24. The highest BCUT2D eigenvalue weighted by Crippen LogP contribution is 2.35. The van der Waals surface area contributed by atoms with Gasteiger partial charge in [0.1, 0.15) is 6.04 Å². The van der Waals surface area contributed by atoms with Gasteiger partial charge < -0.3 is 34.5 Å². The summed E-state index contributed by atoms with van der Waals surface area (Å²) in [7, 11) is 0. The molecule has 0 bridgehead atoms. The zero-order valence-corrected chi connectivity index (χ0v) is 23.9. The van der Waals surface area contributed by atoms with Crippen LogP contribution < -0.4 is 15.2 Å². The first-order valence-corrected chi connectivity index (χ1v) is 13.3. The predicted molar refractivity (Wildman–Crippen MR) is 143 cm³/mol. The van der Waals surface area contributed by atoms with Gasteiger partial charge in [0.2, 0.25) is 0 Å². The van der Waals surface area contributed by atoms with Crippen LogP contribution in [0.1, 0.15) is 79.2 Å². The molecular formula is C28H43NO10. The van der Waals surface area contributed by atoms with Crippen LogP contribution >= 0.6 is 0 Å². The van der Waals surface area contributed by atoms with Crippen LogP contribution in [0.5, 0.6) is 11.5 Å². The maximum Gasteiger partial charge on any atom is 0.513 e. The Morgan fingerprint density at radius 2 is 1.36 bits per heavy atom. The fourth-order valence-electron chi connectivity index (χ4n) is 3.22. The van der Waals surface area contributed by atoms with Crippen molar-refractivity contribution in [1.29, 1.82) is 0 Å². The van der Waals surface area contributed by atoms with Gasteiger partial charge in [-0.1, -0.05) is 60.5 Å². The van der Waals surface area contributed by atoms with Gasteiger partial charge in [0.15, 0.2) is 11.5 Å². The lowest BCUT2D eigenvalue weighted by atomic mass is 9.87. The van der Waals surface area contributed by atoms with Gasteiger partial charge >= 0.3 is 24.2 Å². The predicted octanol–water partition coefficient (Wildman–Crippen LogP) is 5.28. The van der Waals surface area contributed by atoms with Gasteiger partial charge in [0, 0.05) is 5.92 Å². The highest BCUT2D eigenvalue weighted by atomic mass is 16.7. The molecule has 0 saturated carbocycles. The van der Waals surface area contributed by atoms with Crippen molar-refractivity contribution in [1.82, 2.24) is 0 Å². The zero-order valence-electron chi connectivity index (χ0n) is 23.9. The van der Waals surface area contributed by atoms with E-state index in [9.17, 15) is 24.3 Å². The molecule has 1 aromatic rings. The number of ether oxygens (including phenoxy) is 5. The highest BCUT2D eigenvalue weighted by Gasteiger charge is 2.30. The SMILES string of the molecule is CCC(C)COC(=O)Oc1ccc(C(CC(C)OC(=O)C(C)C)[C@H](N)C(=O)O)cc1OC(=O)OCC(C)CC. The van der Waals surface area contributed by atoms with Crippen molar-refractivity contribution in [3.8, 4) is 11.5 Å². The quantitative estimate of drug-likeness (QED) is 0.165. The molecule has 39 heavy (non-hydrogen) atoms. The molecule has 0 aliphatic carbocycles. The van der Waals surface area contributed by atoms with Gasteiger partial charge in [0.05, 0.1) is 25.2 Å². The second-order valence-electron chi connectivity index (χ2n) is 10.2. The minimum Gasteiger partial charge on any atom is -0.480 e. The number of esters is 1. The summed E-state index contributed by atoms with van der Waals surface area (Å²) in [6.07, 6.45) is -1.02. The van der Waals surface area contributed by atoms with Gasteiger partial charge in [0.25, 0.3) is 0 Å². The van der Waals surface area contributed by atoms with Crippen molar-refractivity contribution in [2.45, 2.75) is 85.8 Å². The summed E-state index contributed by atoms with van der Waals surface area (Å²) < 4.78 is 26.3. The standard InChI is InChI=1S/C28H43NO10/c1-8-17(5)14-35-27(33)38-22-11-10-20(13-23(22)39-28(34)36-15-18(6)9-2)21(24(29)25(30)31)12-19(7)37-26(32)16(3)4/h10-11,13,16-19,21,24H,8-9,12,14-15,29H2,1-7H3,(H,30,31)/t17?,18?,19?,21?,24-/m0/s1. The number of carboxylic acid groups (broad SMARTS) is 1. The Bertz CT molecular complexity index is 964. The highest BCUT2D eigenvalue weighted by molar-refractivity contribution is 5.75. The van der Waals surface area contributed by atoms with Crippen LogP contribution in [0, 0.1) is 17.8 Å². The van der Waals surface area contributed by atoms with E-state index in [1.807, 2.05) is 27.7 Å². The molecule has 0 amide bonds. The van der Waals surface area contributed by atoms with E-state index >= 15 is 0 Å².